The molecule has 3 heterocycles. The molecule has 1 atom stereocenters. The van der Waals surface area contributed by atoms with Crippen LogP contribution >= 0.6 is 0 Å². The average molecular weight is 623 g/mol. The second-order valence-corrected chi connectivity index (χ2v) is 12.5. The number of piperazine rings is 1. The highest BCUT2D eigenvalue weighted by atomic mass is 16.2. The number of nitrogens with one attached hydrogen (secondary N) is 1. The Morgan fingerprint density at radius 3 is 2.20 bits per heavy atom. The molecule has 1 saturated carbocycles. The summed E-state index contributed by atoms with van der Waals surface area (Å²) >= 11 is 0. The van der Waals surface area contributed by atoms with Gasteiger partial charge >= 0.3 is 0 Å². The van der Waals surface area contributed by atoms with Crippen molar-refractivity contribution < 1.29 is 9.59 Å². The van der Waals surface area contributed by atoms with Gasteiger partial charge in [-0.2, -0.15) is 5.21 Å². The van der Waals surface area contributed by atoms with E-state index < -0.39 is 11.9 Å². The molecule has 0 bridgehead atoms. The SMILES string of the molecule is CN1CCN(c2ccc(-c3ccc(C[C@H](N)C(=O)N(C(=O)C4CCC(CN)CC4)c4ccc(-c5nn[nH]n5)cc4)cc3)cn2)CC1. The van der Waals surface area contributed by atoms with Gasteiger partial charge in [-0.15, -0.1) is 10.2 Å². The first-order chi connectivity index (χ1) is 22.4. The molecular formula is C34H42N10O2. The van der Waals surface area contributed by atoms with Crippen LogP contribution < -0.4 is 21.3 Å². The first-order valence-corrected chi connectivity index (χ1v) is 16.1. The lowest BCUT2D eigenvalue weighted by atomic mass is 9.81. The largest absolute Gasteiger partial charge is 0.354 e. The highest BCUT2D eigenvalue weighted by Gasteiger charge is 2.35. The first-order valence-electron chi connectivity index (χ1n) is 16.1. The monoisotopic (exact) mass is 622 g/mol. The fourth-order valence-electron chi connectivity index (χ4n) is 6.35. The van der Waals surface area contributed by atoms with Crippen molar-refractivity contribution in [1.29, 1.82) is 0 Å². The van der Waals surface area contributed by atoms with Crippen LogP contribution in [0.1, 0.15) is 31.2 Å². The van der Waals surface area contributed by atoms with Crippen LogP contribution in [0.5, 0.6) is 0 Å². The Balaban J connectivity index is 1.15. The summed E-state index contributed by atoms with van der Waals surface area (Å²) in [5.41, 5.74) is 16.6. The third-order valence-electron chi connectivity index (χ3n) is 9.33. The number of tetrazole rings is 1. The van der Waals surface area contributed by atoms with Crippen LogP contribution in [0, 0.1) is 11.8 Å². The van der Waals surface area contributed by atoms with Crippen molar-refractivity contribution in [1.82, 2.24) is 30.5 Å². The number of imide groups is 1. The zero-order valence-corrected chi connectivity index (χ0v) is 26.3. The number of H-pyrrole nitrogens is 1. The Kier molecular flexibility index (Phi) is 9.76. The molecule has 2 aromatic heterocycles. The first kappa shape index (κ1) is 31.5. The molecule has 5 N–H and O–H groups in total. The molecule has 0 spiro atoms. The number of aromatic nitrogens is 5. The topological polar surface area (TPSA) is 163 Å². The lowest BCUT2D eigenvalue weighted by molar-refractivity contribution is -0.130. The van der Waals surface area contributed by atoms with Crippen molar-refractivity contribution in [2.45, 2.75) is 38.1 Å². The van der Waals surface area contributed by atoms with Gasteiger partial charge < -0.3 is 21.3 Å². The maximum absolute atomic E-state index is 13.9. The lowest BCUT2D eigenvalue weighted by Gasteiger charge is -2.33. The zero-order valence-electron chi connectivity index (χ0n) is 26.3. The van der Waals surface area contributed by atoms with Crippen molar-refractivity contribution in [2.75, 3.05) is 49.6 Å². The normalized spacial score (nSPS) is 19.5. The molecule has 46 heavy (non-hydrogen) atoms. The van der Waals surface area contributed by atoms with E-state index in [1.54, 1.807) is 24.3 Å². The smallest absolute Gasteiger partial charge is 0.251 e. The second kappa shape index (κ2) is 14.3. The van der Waals surface area contributed by atoms with Gasteiger partial charge in [0.25, 0.3) is 5.91 Å². The summed E-state index contributed by atoms with van der Waals surface area (Å²) in [4.78, 5) is 38.5. The van der Waals surface area contributed by atoms with E-state index in [0.29, 0.717) is 48.8 Å². The van der Waals surface area contributed by atoms with Crippen LogP contribution in [0.25, 0.3) is 22.5 Å². The van der Waals surface area contributed by atoms with Crippen molar-refractivity contribution in [3.05, 3.63) is 72.4 Å². The second-order valence-electron chi connectivity index (χ2n) is 12.5. The number of amides is 2. The van der Waals surface area contributed by atoms with E-state index in [0.717, 1.165) is 61.5 Å². The maximum atomic E-state index is 13.9. The van der Waals surface area contributed by atoms with Crippen LogP contribution in [0.2, 0.25) is 0 Å². The number of nitrogens with zero attached hydrogens (tertiary/aromatic N) is 7. The minimum absolute atomic E-state index is 0.217. The number of hydrogen-bond donors (Lipinski definition) is 3. The van der Waals surface area contributed by atoms with Crippen molar-refractivity contribution in [3.63, 3.8) is 0 Å². The number of nitrogens with two attached hydrogens (primary N) is 2. The fourth-order valence-corrected chi connectivity index (χ4v) is 6.35. The van der Waals surface area contributed by atoms with Crippen LogP contribution in [-0.4, -0.2) is 88.1 Å². The molecule has 2 amide bonds. The number of carbonyl (C=O) groups excluding carboxylic acids is 2. The summed E-state index contributed by atoms with van der Waals surface area (Å²) in [6.07, 6.45) is 5.35. The molecule has 6 rings (SSSR count). The van der Waals surface area contributed by atoms with Gasteiger partial charge in [0.2, 0.25) is 11.7 Å². The van der Waals surface area contributed by atoms with E-state index in [-0.39, 0.29) is 11.8 Å². The van der Waals surface area contributed by atoms with E-state index in [1.807, 2.05) is 30.5 Å². The van der Waals surface area contributed by atoms with Gasteiger partial charge in [-0.05, 0) is 104 Å². The minimum Gasteiger partial charge on any atom is -0.354 e. The van der Waals surface area contributed by atoms with Crippen LogP contribution in [0.15, 0.2) is 66.9 Å². The maximum Gasteiger partial charge on any atom is 0.251 e. The molecule has 4 aromatic rings. The number of likely N-dealkylation sites (N-methyl/N-ethyl adjacent to an activating group) is 1. The predicted octanol–water partition coefficient (Wildman–Crippen LogP) is 2.88. The third-order valence-corrected chi connectivity index (χ3v) is 9.33. The summed E-state index contributed by atoms with van der Waals surface area (Å²) in [6.45, 7) is 4.63. The molecule has 0 unspecified atom stereocenters. The summed E-state index contributed by atoms with van der Waals surface area (Å²) in [7, 11) is 2.14. The Morgan fingerprint density at radius 1 is 0.913 bits per heavy atom. The molecule has 1 saturated heterocycles. The average Bonchev–Trinajstić information content (AvgIpc) is 3.65. The Labute approximate surface area is 269 Å². The molecule has 0 radical (unpaired) electrons. The molecule has 240 valence electrons. The van der Waals surface area contributed by atoms with Gasteiger partial charge in [-0.25, -0.2) is 9.88 Å². The fraction of sp³-hybridized carbons (Fsp3) is 0.412. The predicted molar refractivity (Wildman–Crippen MR) is 178 cm³/mol. The molecule has 1 aliphatic carbocycles. The molecule has 12 nitrogen and oxygen atoms in total. The quantitative estimate of drug-likeness (QED) is 0.253. The van der Waals surface area contributed by atoms with E-state index in [4.69, 9.17) is 16.5 Å². The van der Waals surface area contributed by atoms with Gasteiger partial charge in [0.15, 0.2) is 0 Å². The molecule has 2 fully saturated rings. The third kappa shape index (κ3) is 7.14. The number of pyridine rings is 1. The highest BCUT2D eigenvalue weighted by molar-refractivity contribution is 6.17. The lowest BCUT2D eigenvalue weighted by Crippen LogP contribution is -2.50. The van der Waals surface area contributed by atoms with E-state index in [9.17, 15) is 9.59 Å². The Morgan fingerprint density at radius 2 is 1.59 bits per heavy atom. The number of rotatable bonds is 9. The van der Waals surface area contributed by atoms with Gasteiger partial charge in [-0.3, -0.25) is 9.59 Å². The summed E-state index contributed by atoms with van der Waals surface area (Å²) in [5, 5.41) is 14.1. The molecule has 1 aliphatic heterocycles. The Bertz CT molecular complexity index is 1580. The van der Waals surface area contributed by atoms with Gasteiger partial charge in [-0.1, -0.05) is 24.3 Å². The van der Waals surface area contributed by atoms with E-state index in [2.05, 4.69) is 49.6 Å². The van der Waals surface area contributed by atoms with E-state index in [1.165, 1.54) is 4.90 Å². The molecule has 2 aliphatic rings. The van der Waals surface area contributed by atoms with Crippen molar-refractivity contribution in [3.8, 4) is 22.5 Å². The number of anilines is 2. The van der Waals surface area contributed by atoms with Gasteiger partial charge in [0.05, 0.1) is 11.7 Å². The number of benzene rings is 2. The molecule has 2 aromatic carbocycles. The summed E-state index contributed by atoms with van der Waals surface area (Å²) in [5.74, 6) is 0.938. The summed E-state index contributed by atoms with van der Waals surface area (Å²) in [6, 6.07) is 18.3. The molecule has 12 heteroatoms. The number of hydrogen-bond acceptors (Lipinski definition) is 10. The van der Waals surface area contributed by atoms with Crippen LogP contribution in [0.3, 0.4) is 0 Å². The highest BCUT2D eigenvalue weighted by Crippen LogP contribution is 2.32. The zero-order chi connectivity index (χ0) is 32.0. The number of carbonyl (C=O) groups is 2. The van der Waals surface area contributed by atoms with Crippen molar-refractivity contribution >= 4 is 23.3 Å². The van der Waals surface area contributed by atoms with E-state index >= 15 is 0 Å². The minimum atomic E-state index is -0.906. The van der Waals surface area contributed by atoms with Crippen molar-refractivity contribution in [2.24, 2.45) is 23.3 Å². The van der Waals surface area contributed by atoms with Gasteiger partial charge in [0, 0.05) is 49.4 Å². The number of aromatic amines is 1. The Hall–Kier alpha value is -4.52. The van der Waals surface area contributed by atoms with Crippen LogP contribution in [0.4, 0.5) is 11.5 Å². The standard InChI is InChI=1S/C34H42N10O2/c1-42-16-18-43(19-17-42)31-15-12-28(22-37-31)25-6-2-23(3-7-25)20-30(36)34(46)44(33(45)27-8-4-24(21-35)5-9-27)29-13-10-26(11-14-29)32-38-40-41-39-32/h2-3,6-7,10-15,22,24,27,30H,4-5,8-9,16-21,35-36H2,1H3,(H,38,39,40,41)/t24?,27?,30-/m0/s1. The van der Waals surface area contributed by atoms with Crippen LogP contribution in [-0.2, 0) is 16.0 Å². The summed E-state index contributed by atoms with van der Waals surface area (Å²) < 4.78 is 0. The molecular weight excluding hydrogens is 580 g/mol. The van der Waals surface area contributed by atoms with Gasteiger partial charge in [0.1, 0.15) is 5.82 Å².